The highest BCUT2D eigenvalue weighted by Crippen LogP contribution is 2.33. The van der Waals surface area contributed by atoms with Gasteiger partial charge >= 0.3 is 0 Å². The number of para-hydroxylation sites is 1. The first-order valence-corrected chi connectivity index (χ1v) is 7.36. The number of phenols is 2. The lowest BCUT2D eigenvalue weighted by atomic mass is 10.1. The second-order valence-corrected chi connectivity index (χ2v) is 5.68. The Morgan fingerprint density at radius 3 is 2.62 bits per heavy atom. The summed E-state index contributed by atoms with van der Waals surface area (Å²) in [5, 5.41) is 22.7. The third-order valence-corrected chi connectivity index (χ3v) is 4.11. The first-order valence-electron chi connectivity index (χ1n) is 7.36. The number of rotatable bonds is 0. The number of carbonyl (C=O) groups is 1. The molecule has 0 unspecified atom stereocenters. The van der Waals surface area contributed by atoms with Crippen LogP contribution in [0.3, 0.4) is 0 Å². The van der Waals surface area contributed by atoms with Crippen LogP contribution < -0.4 is 10.9 Å². The van der Waals surface area contributed by atoms with Gasteiger partial charge in [0, 0.05) is 6.07 Å². The van der Waals surface area contributed by atoms with Gasteiger partial charge in [-0.3, -0.25) is 14.2 Å². The average molecular weight is 323 g/mol. The van der Waals surface area contributed by atoms with Crippen molar-refractivity contribution in [2.45, 2.75) is 13.0 Å². The minimum absolute atomic E-state index is 0.0927. The lowest BCUT2D eigenvalue weighted by Crippen LogP contribution is -2.28. The number of hydrogen-bond acceptors (Lipinski definition) is 5. The number of nitrogens with one attached hydrogen (secondary N) is 1. The molecule has 7 nitrogen and oxygen atoms in total. The summed E-state index contributed by atoms with van der Waals surface area (Å²) < 4.78 is 1.30. The Balaban J connectivity index is 2.19. The Labute approximate surface area is 135 Å². The fourth-order valence-electron chi connectivity index (χ4n) is 2.94. The van der Waals surface area contributed by atoms with Crippen molar-refractivity contribution in [1.82, 2.24) is 14.9 Å². The number of aromatic nitrogens is 2. The Kier molecular flexibility index (Phi) is 2.86. The summed E-state index contributed by atoms with van der Waals surface area (Å²) in [6.07, 6.45) is 0. The molecule has 0 bridgehead atoms. The molecule has 3 N–H and O–H groups in total. The van der Waals surface area contributed by atoms with Gasteiger partial charge < -0.3 is 15.5 Å². The molecule has 7 heteroatoms. The minimum atomic E-state index is -0.522. The van der Waals surface area contributed by atoms with Crippen molar-refractivity contribution in [1.29, 1.82) is 0 Å². The predicted molar refractivity (Wildman–Crippen MR) is 86.6 cm³/mol. The monoisotopic (exact) mass is 323 g/mol. The van der Waals surface area contributed by atoms with E-state index in [-0.39, 0.29) is 16.8 Å². The molecule has 1 aliphatic heterocycles. The van der Waals surface area contributed by atoms with E-state index in [0.717, 1.165) is 6.07 Å². The lowest BCUT2D eigenvalue weighted by Gasteiger charge is -2.15. The van der Waals surface area contributed by atoms with Crippen LogP contribution in [0.4, 0.5) is 0 Å². The molecule has 0 aliphatic carbocycles. The standard InChI is InChI=1S/C17H13N3O4/c1-8-15-19-11-5-3-2-4-9(11)17(24)20(15)12-7-14(22)13(21)6-10(12)16(23)18-8/h2-8,21-22H,1H3,(H,18,23)/t8-/m0/s1. The van der Waals surface area contributed by atoms with Crippen LogP contribution in [0.5, 0.6) is 11.5 Å². The van der Waals surface area contributed by atoms with E-state index in [1.807, 2.05) is 0 Å². The normalized spacial score (nSPS) is 16.2. The van der Waals surface area contributed by atoms with E-state index in [9.17, 15) is 19.8 Å². The number of carbonyl (C=O) groups excluding carboxylic acids is 1. The van der Waals surface area contributed by atoms with Gasteiger partial charge in [0.25, 0.3) is 11.5 Å². The van der Waals surface area contributed by atoms with Crippen molar-refractivity contribution in [3.05, 3.63) is 58.1 Å². The third kappa shape index (κ3) is 1.88. The number of hydrogen-bond donors (Lipinski definition) is 3. The summed E-state index contributed by atoms with van der Waals surface area (Å²) in [6.45, 7) is 1.72. The molecule has 0 radical (unpaired) electrons. The number of nitrogens with zero attached hydrogens (tertiary/aromatic N) is 2. The van der Waals surface area contributed by atoms with Crippen LogP contribution in [-0.4, -0.2) is 25.7 Å². The molecule has 1 amide bonds. The van der Waals surface area contributed by atoms with E-state index in [1.54, 1.807) is 31.2 Å². The highest BCUT2D eigenvalue weighted by Gasteiger charge is 2.28. The molecule has 0 spiro atoms. The van der Waals surface area contributed by atoms with Crippen LogP contribution in [0, 0.1) is 0 Å². The number of fused-ring (bicyclic) bond motifs is 4. The second kappa shape index (κ2) is 4.82. The fourth-order valence-corrected chi connectivity index (χ4v) is 2.94. The van der Waals surface area contributed by atoms with E-state index in [2.05, 4.69) is 10.3 Å². The Bertz CT molecular complexity index is 1070. The molecule has 3 aromatic rings. The van der Waals surface area contributed by atoms with Crippen LogP contribution in [-0.2, 0) is 0 Å². The topological polar surface area (TPSA) is 104 Å². The Morgan fingerprint density at radius 1 is 1.12 bits per heavy atom. The van der Waals surface area contributed by atoms with Crippen LogP contribution in [0.15, 0.2) is 41.2 Å². The summed E-state index contributed by atoms with van der Waals surface area (Å²) in [5.74, 6) is -0.943. The average Bonchev–Trinajstić information content (AvgIpc) is 2.65. The molecule has 0 saturated carbocycles. The van der Waals surface area contributed by atoms with Gasteiger partial charge in [-0.1, -0.05) is 12.1 Å². The summed E-state index contributed by atoms with van der Waals surface area (Å²) in [5.41, 5.74) is 0.465. The fraction of sp³-hybridized carbons (Fsp3) is 0.118. The maximum absolute atomic E-state index is 13.0. The summed E-state index contributed by atoms with van der Waals surface area (Å²) in [7, 11) is 0. The zero-order valence-electron chi connectivity index (χ0n) is 12.6. The van der Waals surface area contributed by atoms with E-state index >= 15 is 0 Å². The zero-order valence-corrected chi connectivity index (χ0v) is 12.6. The van der Waals surface area contributed by atoms with Crippen molar-refractivity contribution in [3.8, 4) is 17.2 Å². The van der Waals surface area contributed by atoms with Crippen LogP contribution in [0.25, 0.3) is 16.6 Å². The van der Waals surface area contributed by atoms with Crippen molar-refractivity contribution in [3.63, 3.8) is 0 Å². The van der Waals surface area contributed by atoms with Gasteiger partial charge in [0.15, 0.2) is 11.5 Å². The predicted octanol–water partition coefficient (Wildman–Crippen LogP) is 1.60. The maximum Gasteiger partial charge on any atom is 0.266 e. The molecule has 1 aromatic heterocycles. The molecule has 0 saturated heterocycles. The SMILES string of the molecule is C[C@@H]1NC(=O)c2cc(O)c(O)cc2-n2c1nc1ccccc1c2=O. The molecule has 4 rings (SSSR count). The number of amides is 1. The molecular weight excluding hydrogens is 310 g/mol. The van der Waals surface area contributed by atoms with E-state index < -0.39 is 23.4 Å². The molecular formula is C17H13N3O4. The van der Waals surface area contributed by atoms with Crippen LogP contribution in [0.2, 0.25) is 0 Å². The number of aromatic hydroxyl groups is 2. The minimum Gasteiger partial charge on any atom is -0.504 e. The van der Waals surface area contributed by atoms with Gasteiger partial charge in [-0.05, 0) is 25.1 Å². The largest absolute Gasteiger partial charge is 0.504 e. The number of benzene rings is 2. The molecule has 2 aromatic carbocycles. The van der Waals surface area contributed by atoms with Gasteiger partial charge in [0.1, 0.15) is 5.82 Å². The molecule has 120 valence electrons. The summed E-state index contributed by atoms with van der Waals surface area (Å²) in [4.78, 5) is 29.9. The van der Waals surface area contributed by atoms with E-state index in [4.69, 9.17) is 0 Å². The van der Waals surface area contributed by atoms with Gasteiger partial charge in [-0.25, -0.2) is 4.98 Å². The smallest absolute Gasteiger partial charge is 0.266 e. The highest BCUT2D eigenvalue weighted by atomic mass is 16.3. The molecule has 24 heavy (non-hydrogen) atoms. The maximum atomic E-state index is 13.0. The van der Waals surface area contributed by atoms with Crippen molar-refractivity contribution >= 4 is 16.8 Å². The molecule has 1 atom stereocenters. The van der Waals surface area contributed by atoms with Crippen LogP contribution in [0.1, 0.15) is 29.1 Å². The first-order chi connectivity index (χ1) is 11.5. The van der Waals surface area contributed by atoms with Crippen molar-refractivity contribution < 1.29 is 15.0 Å². The van der Waals surface area contributed by atoms with Crippen LogP contribution >= 0.6 is 0 Å². The zero-order chi connectivity index (χ0) is 17.0. The highest BCUT2D eigenvalue weighted by molar-refractivity contribution is 5.99. The molecule has 0 fully saturated rings. The second-order valence-electron chi connectivity index (χ2n) is 5.68. The van der Waals surface area contributed by atoms with Crippen molar-refractivity contribution in [2.75, 3.05) is 0 Å². The summed E-state index contributed by atoms with van der Waals surface area (Å²) in [6, 6.07) is 8.72. The first kappa shape index (κ1) is 14.3. The van der Waals surface area contributed by atoms with Gasteiger partial charge in [-0.15, -0.1) is 0 Å². The van der Waals surface area contributed by atoms with E-state index in [0.29, 0.717) is 16.7 Å². The van der Waals surface area contributed by atoms with Crippen molar-refractivity contribution in [2.24, 2.45) is 0 Å². The number of phenolic OH excluding ortho intramolecular Hbond substituents is 2. The van der Waals surface area contributed by atoms with Gasteiger partial charge in [0.05, 0.1) is 28.2 Å². The molecule has 2 heterocycles. The summed E-state index contributed by atoms with van der Waals surface area (Å²) >= 11 is 0. The third-order valence-electron chi connectivity index (χ3n) is 4.11. The quantitative estimate of drug-likeness (QED) is 0.545. The van der Waals surface area contributed by atoms with Gasteiger partial charge in [0.2, 0.25) is 0 Å². The Hall–Kier alpha value is -3.35. The Morgan fingerprint density at radius 2 is 1.83 bits per heavy atom. The van der Waals surface area contributed by atoms with Gasteiger partial charge in [-0.2, -0.15) is 0 Å². The van der Waals surface area contributed by atoms with E-state index in [1.165, 1.54) is 10.6 Å². The molecule has 1 aliphatic rings. The lowest BCUT2D eigenvalue weighted by molar-refractivity contribution is 0.0941.